The Morgan fingerprint density at radius 2 is 2.28 bits per heavy atom. The second-order valence-electron chi connectivity index (χ2n) is 4.51. The van der Waals surface area contributed by atoms with E-state index < -0.39 is 0 Å². The van der Waals surface area contributed by atoms with Crippen LogP contribution in [0.2, 0.25) is 0 Å². The minimum atomic E-state index is -0.268. The summed E-state index contributed by atoms with van der Waals surface area (Å²) in [7, 11) is 1.82. The lowest BCUT2D eigenvalue weighted by Gasteiger charge is -2.35. The number of rotatable bonds is 3. The highest BCUT2D eigenvalue weighted by Crippen LogP contribution is 2.22. The van der Waals surface area contributed by atoms with Crippen LogP contribution in [0.15, 0.2) is 18.2 Å². The number of carbonyl (C=O) groups excluding carboxylic acids is 1. The van der Waals surface area contributed by atoms with Gasteiger partial charge in [-0.15, -0.1) is 0 Å². The van der Waals surface area contributed by atoms with Gasteiger partial charge in [-0.3, -0.25) is 4.79 Å². The summed E-state index contributed by atoms with van der Waals surface area (Å²) in [4.78, 5) is 13.5. The second kappa shape index (κ2) is 5.35. The number of amides is 1. The molecule has 0 spiro atoms. The highest BCUT2D eigenvalue weighted by Gasteiger charge is 2.25. The standard InChI is InChI=1S/C13H18FN3O/c1-9-13(18)16-3-4-17(9)12-6-10(8-15-2)5-11(14)7-12/h5-7,9,15H,3-4,8H2,1-2H3,(H,16,18). The third kappa shape index (κ3) is 2.61. The Hall–Kier alpha value is -1.62. The van der Waals surface area contributed by atoms with Crippen LogP contribution in [0.3, 0.4) is 0 Å². The van der Waals surface area contributed by atoms with E-state index in [1.165, 1.54) is 12.1 Å². The first-order chi connectivity index (χ1) is 8.61. The monoisotopic (exact) mass is 251 g/mol. The molecule has 0 aliphatic carbocycles. The van der Waals surface area contributed by atoms with E-state index in [1.807, 2.05) is 24.9 Å². The Balaban J connectivity index is 2.28. The fourth-order valence-corrected chi connectivity index (χ4v) is 2.24. The number of hydrogen-bond acceptors (Lipinski definition) is 3. The van der Waals surface area contributed by atoms with Crippen LogP contribution in [0.25, 0.3) is 0 Å². The van der Waals surface area contributed by atoms with Crippen LogP contribution in [0.1, 0.15) is 12.5 Å². The van der Waals surface area contributed by atoms with Crippen molar-refractivity contribution in [1.82, 2.24) is 10.6 Å². The molecule has 1 aromatic rings. The highest BCUT2D eigenvalue weighted by atomic mass is 19.1. The number of anilines is 1. The second-order valence-corrected chi connectivity index (χ2v) is 4.51. The molecule has 0 aromatic heterocycles. The van der Waals surface area contributed by atoms with Crippen molar-refractivity contribution in [3.05, 3.63) is 29.6 Å². The zero-order valence-corrected chi connectivity index (χ0v) is 10.7. The molecule has 98 valence electrons. The van der Waals surface area contributed by atoms with Crippen LogP contribution in [0.4, 0.5) is 10.1 Å². The maximum atomic E-state index is 13.6. The van der Waals surface area contributed by atoms with E-state index in [1.54, 1.807) is 0 Å². The summed E-state index contributed by atoms with van der Waals surface area (Å²) in [6, 6.07) is 4.65. The van der Waals surface area contributed by atoms with Crippen LogP contribution in [0, 0.1) is 5.82 Å². The topological polar surface area (TPSA) is 44.4 Å². The molecule has 4 nitrogen and oxygen atoms in total. The molecule has 2 N–H and O–H groups in total. The van der Waals surface area contributed by atoms with Crippen molar-refractivity contribution in [2.45, 2.75) is 19.5 Å². The molecule has 1 heterocycles. The molecule has 1 aromatic carbocycles. The van der Waals surface area contributed by atoms with Gasteiger partial charge in [-0.05, 0) is 37.7 Å². The van der Waals surface area contributed by atoms with Gasteiger partial charge in [0.1, 0.15) is 11.9 Å². The van der Waals surface area contributed by atoms with E-state index in [4.69, 9.17) is 0 Å². The van der Waals surface area contributed by atoms with Gasteiger partial charge >= 0.3 is 0 Å². The van der Waals surface area contributed by atoms with E-state index in [-0.39, 0.29) is 17.8 Å². The van der Waals surface area contributed by atoms with Crippen molar-refractivity contribution in [3.8, 4) is 0 Å². The molecule has 1 unspecified atom stereocenters. The fraction of sp³-hybridized carbons (Fsp3) is 0.462. The number of benzene rings is 1. The maximum Gasteiger partial charge on any atom is 0.242 e. The molecule has 1 aliphatic heterocycles. The Bertz CT molecular complexity index is 450. The van der Waals surface area contributed by atoms with Crippen LogP contribution in [-0.4, -0.2) is 32.1 Å². The van der Waals surface area contributed by atoms with Crippen LogP contribution in [-0.2, 0) is 11.3 Å². The smallest absolute Gasteiger partial charge is 0.242 e. The quantitative estimate of drug-likeness (QED) is 0.838. The predicted molar refractivity (Wildman–Crippen MR) is 69.0 cm³/mol. The van der Waals surface area contributed by atoms with E-state index >= 15 is 0 Å². The number of halogens is 1. The molecule has 1 atom stereocenters. The molecule has 0 bridgehead atoms. The average Bonchev–Trinajstić information content (AvgIpc) is 2.32. The SMILES string of the molecule is CNCc1cc(F)cc(N2CCNC(=O)C2C)c1. The van der Waals surface area contributed by atoms with Crippen molar-refractivity contribution in [2.75, 3.05) is 25.0 Å². The molecular weight excluding hydrogens is 233 g/mol. The Labute approximate surface area is 106 Å². The van der Waals surface area contributed by atoms with Crippen LogP contribution >= 0.6 is 0 Å². The van der Waals surface area contributed by atoms with Crippen molar-refractivity contribution >= 4 is 11.6 Å². The third-order valence-electron chi connectivity index (χ3n) is 3.15. The van der Waals surface area contributed by atoms with Crippen molar-refractivity contribution in [2.24, 2.45) is 0 Å². The normalized spacial score (nSPS) is 19.8. The predicted octanol–water partition coefficient (Wildman–Crippen LogP) is 0.870. The van der Waals surface area contributed by atoms with Gasteiger partial charge in [0.2, 0.25) is 5.91 Å². The first-order valence-electron chi connectivity index (χ1n) is 6.10. The summed E-state index contributed by atoms with van der Waals surface area (Å²) in [6.45, 7) is 3.74. The van der Waals surface area contributed by atoms with Crippen LogP contribution < -0.4 is 15.5 Å². The Morgan fingerprint density at radius 1 is 1.50 bits per heavy atom. The lowest BCUT2D eigenvalue weighted by molar-refractivity contribution is -0.122. The summed E-state index contributed by atoms with van der Waals surface area (Å²) in [5, 5.41) is 5.80. The zero-order chi connectivity index (χ0) is 13.1. The summed E-state index contributed by atoms with van der Waals surface area (Å²) < 4.78 is 13.6. The average molecular weight is 251 g/mol. The number of nitrogens with one attached hydrogen (secondary N) is 2. The third-order valence-corrected chi connectivity index (χ3v) is 3.15. The largest absolute Gasteiger partial charge is 0.358 e. The molecule has 0 saturated carbocycles. The Morgan fingerprint density at radius 3 is 3.00 bits per heavy atom. The van der Waals surface area contributed by atoms with Crippen molar-refractivity contribution < 1.29 is 9.18 Å². The molecule has 1 amide bonds. The van der Waals surface area contributed by atoms with Crippen molar-refractivity contribution in [1.29, 1.82) is 0 Å². The fourth-order valence-electron chi connectivity index (χ4n) is 2.24. The van der Waals surface area contributed by atoms with Gasteiger partial charge in [0.15, 0.2) is 0 Å². The Kier molecular flexibility index (Phi) is 3.81. The molecule has 1 saturated heterocycles. The van der Waals surface area contributed by atoms with E-state index in [2.05, 4.69) is 10.6 Å². The highest BCUT2D eigenvalue weighted by molar-refractivity contribution is 5.86. The van der Waals surface area contributed by atoms with Gasteiger partial charge in [0.25, 0.3) is 0 Å². The molecule has 18 heavy (non-hydrogen) atoms. The molecule has 1 fully saturated rings. The summed E-state index contributed by atoms with van der Waals surface area (Å²) in [5.41, 5.74) is 1.65. The molecule has 1 aliphatic rings. The molecular formula is C13H18FN3O. The van der Waals surface area contributed by atoms with Gasteiger partial charge in [0.05, 0.1) is 0 Å². The summed E-state index contributed by atoms with van der Waals surface area (Å²) in [6.07, 6.45) is 0. The van der Waals surface area contributed by atoms with Crippen LogP contribution in [0.5, 0.6) is 0 Å². The van der Waals surface area contributed by atoms with Gasteiger partial charge in [-0.2, -0.15) is 0 Å². The summed E-state index contributed by atoms with van der Waals surface area (Å²) >= 11 is 0. The number of carbonyl (C=O) groups is 1. The maximum absolute atomic E-state index is 13.6. The number of hydrogen-bond donors (Lipinski definition) is 2. The minimum absolute atomic E-state index is 0.0133. The minimum Gasteiger partial charge on any atom is -0.358 e. The molecule has 5 heteroatoms. The number of piperazine rings is 1. The summed E-state index contributed by atoms with van der Waals surface area (Å²) in [5.74, 6) is -0.281. The zero-order valence-electron chi connectivity index (χ0n) is 10.7. The first-order valence-corrected chi connectivity index (χ1v) is 6.10. The van der Waals surface area contributed by atoms with Gasteiger partial charge in [-0.1, -0.05) is 0 Å². The lowest BCUT2D eigenvalue weighted by atomic mass is 10.1. The number of nitrogens with zero attached hydrogens (tertiary/aromatic N) is 1. The van der Waals surface area contributed by atoms with E-state index in [0.29, 0.717) is 19.6 Å². The first kappa shape index (κ1) is 12.8. The van der Waals surface area contributed by atoms with E-state index in [9.17, 15) is 9.18 Å². The van der Waals surface area contributed by atoms with Gasteiger partial charge in [0, 0.05) is 25.3 Å². The van der Waals surface area contributed by atoms with E-state index in [0.717, 1.165) is 11.3 Å². The van der Waals surface area contributed by atoms with Crippen molar-refractivity contribution in [3.63, 3.8) is 0 Å². The van der Waals surface area contributed by atoms with Gasteiger partial charge in [-0.25, -0.2) is 4.39 Å². The lowest BCUT2D eigenvalue weighted by Crippen LogP contribution is -2.54. The molecule has 2 rings (SSSR count). The van der Waals surface area contributed by atoms with Gasteiger partial charge < -0.3 is 15.5 Å². The molecule has 0 radical (unpaired) electrons.